The molecule has 6 nitrogen and oxygen atoms in total. The van der Waals surface area contributed by atoms with E-state index in [2.05, 4.69) is 16.0 Å². The van der Waals surface area contributed by atoms with Gasteiger partial charge in [-0.15, -0.1) is 11.3 Å². The number of nitrogens with zero attached hydrogens (tertiary/aromatic N) is 3. The summed E-state index contributed by atoms with van der Waals surface area (Å²) in [4.78, 5) is 20.6. The molecule has 0 radical (unpaired) electrons. The summed E-state index contributed by atoms with van der Waals surface area (Å²) in [7, 11) is 1.69. The van der Waals surface area contributed by atoms with Crippen LogP contribution < -0.4 is 15.0 Å². The third kappa shape index (κ3) is 2.81. The molecule has 28 heavy (non-hydrogen) atoms. The molecule has 0 aliphatic carbocycles. The Morgan fingerprint density at radius 2 is 2.25 bits per heavy atom. The maximum atomic E-state index is 12.8. The summed E-state index contributed by atoms with van der Waals surface area (Å²) < 4.78 is 13.2. The van der Waals surface area contributed by atoms with E-state index < -0.39 is 0 Å². The SMILES string of the molecule is COc1cccc2c1OC[C@H]1CN(CCc3c(C)nc4sccn4c3=O)C[C@@H]21. The summed E-state index contributed by atoms with van der Waals surface area (Å²) in [6.07, 6.45) is 2.53. The molecule has 4 heterocycles. The van der Waals surface area contributed by atoms with Gasteiger partial charge < -0.3 is 14.4 Å². The van der Waals surface area contributed by atoms with Gasteiger partial charge in [-0.25, -0.2) is 4.98 Å². The number of thiazole rings is 1. The van der Waals surface area contributed by atoms with Crippen molar-refractivity contribution in [1.29, 1.82) is 0 Å². The molecule has 0 spiro atoms. The molecule has 2 aromatic heterocycles. The van der Waals surface area contributed by atoms with Crippen LogP contribution >= 0.6 is 11.3 Å². The number of para-hydroxylation sites is 1. The Morgan fingerprint density at radius 3 is 3.11 bits per heavy atom. The van der Waals surface area contributed by atoms with Crippen molar-refractivity contribution in [2.45, 2.75) is 19.3 Å². The summed E-state index contributed by atoms with van der Waals surface area (Å²) in [5.74, 6) is 2.65. The van der Waals surface area contributed by atoms with Gasteiger partial charge in [0.05, 0.1) is 13.7 Å². The summed E-state index contributed by atoms with van der Waals surface area (Å²) in [5, 5.41) is 1.91. The first kappa shape index (κ1) is 17.7. The molecule has 0 N–H and O–H groups in total. The second kappa shape index (κ2) is 6.90. The number of methoxy groups -OCH3 is 1. The molecule has 0 bridgehead atoms. The fraction of sp³-hybridized carbons (Fsp3) is 0.429. The molecule has 3 aromatic rings. The van der Waals surface area contributed by atoms with Crippen LogP contribution in [-0.4, -0.2) is 47.6 Å². The van der Waals surface area contributed by atoms with Gasteiger partial charge in [0.25, 0.3) is 5.56 Å². The highest BCUT2D eigenvalue weighted by Gasteiger charge is 2.39. The van der Waals surface area contributed by atoms with Crippen molar-refractivity contribution in [3.63, 3.8) is 0 Å². The molecule has 146 valence electrons. The van der Waals surface area contributed by atoms with E-state index in [1.54, 1.807) is 11.5 Å². The predicted molar refractivity (Wildman–Crippen MR) is 109 cm³/mol. The summed E-state index contributed by atoms with van der Waals surface area (Å²) in [5.41, 5.74) is 2.99. The van der Waals surface area contributed by atoms with Crippen molar-refractivity contribution in [2.24, 2.45) is 5.92 Å². The van der Waals surface area contributed by atoms with E-state index in [0.29, 0.717) is 11.8 Å². The van der Waals surface area contributed by atoms with E-state index in [9.17, 15) is 4.79 Å². The van der Waals surface area contributed by atoms with Crippen molar-refractivity contribution in [3.05, 3.63) is 57.0 Å². The van der Waals surface area contributed by atoms with Gasteiger partial charge in [-0.3, -0.25) is 9.20 Å². The van der Waals surface area contributed by atoms with E-state index in [1.807, 2.05) is 30.6 Å². The van der Waals surface area contributed by atoms with E-state index in [1.165, 1.54) is 16.9 Å². The molecular formula is C21H23N3O3S. The lowest BCUT2D eigenvalue weighted by Crippen LogP contribution is -2.28. The molecule has 7 heteroatoms. The fourth-order valence-corrected chi connectivity index (χ4v) is 5.32. The van der Waals surface area contributed by atoms with Crippen LogP contribution in [0.1, 0.15) is 22.7 Å². The Morgan fingerprint density at radius 1 is 1.36 bits per heavy atom. The van der Waals surface area contributed by atoms with Crippen LogP contribution in [0.25, 0.3) is 4.96 Å². The second-order valence-corrected chi connectivity index (χ2v) is 8.48. The van der Waals surface area contributed by atoms with Gasteiger partial charge in [0, 0.05) is 59.9 Å². The zero-order valence-corrected chi connectivity index (χ0v) is 16.9. The minimum atomic E-state index is 0.0683. The Hall–Kier alpha value is -2.38. The number of fused-ring (bicyclic) bond motifs is 4. The van der Waals surface area contributed by atoms with Gasteiger partial charge in [-0.05, 0) is 19.4 Å². The van der Waals surface area contributed by atoms with Crippen molar-refractivity contribution < 1.29 is 9.47 Å². The minimum Gasteiger partial charge on any atom is -0.493 e. The maximum Gasteiger partial charge on any atom is 0.261 e. The highest BCUT2D eigenvalue weighted by Crippen LogP contribution is 2.45. The fourth-order valence-electron chi connectivity index (χ4n) is 4.57. The first-order chi connectivity index (χ1) is 13.7. The first-order valence-electron chi connectivity index (χ1n) is 9.63. The molecule has 0 unspecified atom stereocenters. The van der Waals surface area contributed by atoms with Gasteiger partial charge in [0.15, 0.2) is 16.5 Å². The maximum absolute atomic E-state index is 12.8. The standard InChI is InChI=1S/C21H23N3O3S/c1-13-15(20(25)24-8-9-28-21(24)22-13)6-7-23-10-14-12-27-19-16(17(14)11-23)4-3-5-18(19)26-2/h3-5,8-9,14,17H,6-7,10-12H2,1-2H3/t14-,17-/m1/s1. The molecule has 0 saturated carbocycles. The zero-order chi connectivity index (χ0) is 19.3. The summed E-state index contributed by atoms with van der Waals surface area (Å²) in [6.45, 7) is 5.51. The van der Waals surface area contributed by atoms with Crippen molar-refractivity contribution in [3.8, 4) is 11.5 Å². The second-order valence-electron chi connectivity index (χ2n) is 7.60. The number of hydrogen-bond donors (Lipinski definition) is 0. The Balaban J connectivity index is 1.34. The molecule has 2 atom stereocenters. The highest BCUT2D eigenvalue weighted by atomic mass is 32.1. The minimum absolute atomic E-state index is 0.0683. The third-order valence-electron chi connectivity index (χ3n) is 6.03. The van der Waals surface area contributed by atoms with Gasteiger partial charge in [0.1, 0.15) is 0 Å². The van der Waals surface area contributed by atoms with E-state index in [0.717, 1.165) is 60.4 Å². The third-order valence-corrected chi connectivity index (χ3v) is 6.79. The molecule has 1 aromatic carbocycles. The zero-order valence-electron chi connectivity index (χ0n) is 16.1. The number of aromatic nitrogens is 2. The van der Waals surface area contributed by atoms with E-state index in [-0.39, 0.29) is 5.56 Å². The van der Waals surface area contributed by atoms with Crippen LogP contribution in [0.5, 0.6) is 11.5 Å². The largest absolute Gasteiger partial charge is 0.493 e. The molecule has 1 saturated heterocycles. The van der Waals surface area contributed by atoms with Crippen LogP contribution in [0.3, 0.4) is 0 Å². The van der Waals surface area contributed by atoms with Gasteiger partial charge in [-0.1, -0.05) is 12.1 Å². The summed E-state index contributed by atoms with van der Waals surface area (Å²) in [6, 6.07) is 6.15. The predicted octanol–water partition coefficient (Wildman–Crippen LogP) is 2.72. The number of rotatable bonds is 4. The quantitative estimate of drug-likeness (QED) is 0.678. The Labute approximate surface area is 167 Å². The average Bonchev–Trinajstić information content (AvgIpc) is 3.33. The van der Waals surface area contributed by atoms with Gasteiger partial charge >= 0.3 is 0 Å². The lowest BCUT2D eigenvalue weighted by molar-refractivity contribution is 0.204. The van der Waals surface area contributed by atoms with Crippen molar-refractivity contribution >= 4 is 16.3 Å². The number of benzene rings is 1. The van der Waals surface area contributed by atoms with Crippen LogP contribution in [-0.2, 0) is 6.42 Å². The van der Waals surface area contributed by atoms with Crippen molar-refractivity contribution in [1.82, 2.24) is 14.3 Å². The topological polar surface area (TPSA) is 56.1 Å². The molecule has 5 rings (SSSR count). The van der Waals surface area contributed by atoms with E-state index >= 15 is 0 Å². The number of likely N-dealkylation sites (tertiary alicyclic amines) is 1. The monoisotopic (exact) mass is 397 g/mol. The molecule has 2 aliphatic rings. The molecular weight excluding hydrogens is 374 g/mol. The Bertz CT molecular complexity index is 1090. The van der Waals surface area contributed by atoms with Crippen LogP contribution in [0.15, 0.2) is 34.6 Å². The first-order valence-corrected chi connectivity index (χ1v) is 10.5. The van der Waals surface area contributed by atoms with Gasteiger partial charge in [-0.2, -0.15) is 0 Å². The smallest absolute Gasteiger partial charge is 0.261 e. The number of aryl methyl sites for hydroxylation is 1. The molecule has 2 aliphatic heterocycles. The van der Waals surface area contributed by atoms with E-state index in [4.69, 9.17) is 9.47 Å². The van der Waals surface area contributed by atoms with Crippen LogP contribution in [0.4, 0.5) is 0 Å². The Kier molecular flexibility index (Phi) is 4.36. The number of ether oxygens (including phenoxy) is 2. The average molecular weight is 398 g/mol. The lowest BCUT2D eigenvalue weighted by Gasteiger charge is -2.28. The van der Waals surface area contributed by atoms with Crippen molar-refractivity contribution in [2.75, 3.05) is 33.4 Å². The summed E-state index contributed by atoms with van der Waals surface area (Å²) >= 11 is 1.49. The normalized spacial score (nSPS) is 21.4. The number of hydrogen-bond acceptors (Lipinski definition) is 6. The van der Waals surface area contributed by atoms with Gasteiger partial charge in [0.2, 0.25) is 0 Å². The van der Waals surface area contributed by atoms with Crippen LogP contribution in [0.2, 0.25) is 0 Å². The molecule has 1 fully saturated rings. The lowest BCUT2D eigenvalue weighted by atomic mass is 9.87. The van der Waals surface area contributed by atoms with Crippen LogP contribution in [0, 0.1) is 12.8 Å². The molecule has 0 amide bonds. The highest BCUT2D eigenvalue weighted by molar-refractivity contribution is 7.15.